The van der Waals surface area contributed by atoms with Crippen molar-refractivity contribution >= 4 is 12.6 Å². The topological polar surface area (TPSA) is 0 Å². The van der Waals surface area contributed by atoms with E-state index in [4.69, 9.17) is 0 Å². The number of hydrogen-bond acceptors (Lipinski definition) is 1. The van der Waals surface area contributed by atoms with Gasteiger partial charge in [-0.3, -0.25) is 0 Å². The fourth-order valence-corrected chi connectivity index (χ4v) is 0.740. The Hall–Kier alpha value is 0.0900. The lowest BCUT2D eigenvalue weighted by Gasteiger charge is -1.98. The summed E-state index contributed by atoms with van der Waals surface area (Å²) in [7, 11) is 0. The third kappa shape index (κ3) is 6.09. The second-order valence-electron chi connectivity index (χ2n) is 2.07. The zero-order valence-corrected chi connectivity index (χ0v) is 6.32. The Balaban J connectivity index is 2.81. The zero-order valence-electron chi connectivity index (χ0n) is 5.43. The summed E-state index contributed by atoms with van der Waals surface area (Å²) in [6.45, 7) is 5.75. The molecule has 0 radical (unpaired) electrons. The molecule has 0 spiro atoms. The predicted molar refractivity (Wildman–Crippen MR) is 42.5 cm³/mol. The van der Waals surface area contributed by atoms with Crippen LogP contribution in [0, 0.1) is 0 Å². The van der Waals surface area contributed by atoms with Crippen LogP contribution in [-0.2, 0) is 0 Å². The van der Waals surface area contributed by atoms with E-state index in [1.54, 1.807) is 0 Å². The van der Waals surface area contributed by atoms with E-state index in [-0.39, 0.29) is 0 Å². The van der Waals surface area contributed by atoms with Crippen molar-refractivity contribution in [2.75, 3.05) is 0 Å². The number of hydrogen-bond donors (Lipinski definition) is 1. The maximum atomic E-state index is 4.24. The molecule has 0 nitrogen and oxygen atoms in total. The number of unbranched alkanes of at least 4 members (excludes halogenated alkanes) is 1. The predicted octanol–water partition coefficient (Wildman–Crippen LogP) is 2.66. The zero-order chi connectivity index (χ0) is 6.41. The van der Waals surface area contributed by atoms with Gasteiger partial charge in [0.1, 0.15) is 0 Å². The summed E-state index contributed by atoms with van der Waals surface area (Å²) in [6, 6.07) is 0. The minimum absolute atomic E-state index is 0.551. The molecule has 0 heterocycles. The van der Waals surface area contributed by atoms with E-state index in [1.807, 2.05) is 6.08 Å². The van der Waals surface area contributed by atoms with Crippen molar-refractivity contribution in [2.24, 2.45) is 0 Å². The van der Waals surface area contributed by atoms with Crippen LogP contribution in [0.15, 0.2) is 12.7 Å². The van der Waals surface area contributed by atoms with E-state index in [9.17, 15) is 0 Å². The van der Waals surface area contributed by atoms with Gasteiger partial charge in [-0.25, -0.2) is 0 Å². The molecule has 0 saturated carbocycles. The smallest absolute Gasteiger partial charge is 0.00115 e. The van der Waals surface area contributed by atoms with Gasteiger partial charge in [-0.05, 0) is 24.5 Å². The molecular weight excluding hydrogens is 116 g/mol. The monoisotopic (exact) mass is 130 g/mol. The van der Waals surface area contributed by atoms with E-state index in [0.29, 0.717) is 5.25 Å². The Kier molecular flexibility index (Phi) is 5.29. The molecule has 0 amide bonds. The molecule has 0 aromatic rings. The molecule has 0 saturated heterocycles. The highest BCUT2D eigenvalue weighted by Gasteiger charge is 1.90. The molecular formula is C7H14S. The highest BCUT2D eigenvalue weighted by Crippen LogP contribution is 2.04. The van der Waals surface area contributed by atoms with Gasteiger partial charge in [0.05, 0.1) is 0 Å². The van der Waals surface area contributed by atoms with Crippen molar-refractivity contribution in [1.82, 2.24) is 0 Å². The fourth-order valence-electron chi connectivity index (χ4n) is 0.558. The molecule has 0 aliphatic heterocycles. The Labute approximate surface area is 57.4 Å². The Bertz CT molecular complexity index is 57.4. The second-order valence-corrected chi connectivity index (χ2v) is 2.95. The lowest BCUT2D eigenvalue weighted by atomic mass is 10.2. The molecule has 8 heavy (non-hydrogen) atoms. The Morgan fingerprint density at radius 3 is 2.75 bits per heavy atom. The molecule has 0 aromatic carbocycles. The summed E-state index contributed by atoms with van der Waals surface area (Å²) in [5.74, 6) is 0. The van der Waals surface area contributed by atoms with Crippen molar-refractivity contribution in [3.05, 3.63) is 12.7 Å². The van der Waals surface area contributed by atoms with Crippen LogP contribution in [0.2, 0.25) is 0 Å². The molecule has 0 aromatic heterocycles. The largest absolute Gasteiger partial charge is 0.176 e. The van der Waals surface area contributed by atoms with Crippen molar-refractivity contribution in [2.45, 2.75) is 31.4 Å². The van der Waals surface area contributed by atoms with E-state index in [0.717, 1.165) is 6.42 Å². The SMILES string of the molecule is C=CCCCC(C)S. The first-order valence-corrected chi connectivity index (χ1v) is 3.58. The third-order valence-electron chi connectivity index (χ3n) is 1.03. The minimum atomic E-state index is 0.551. The summed E-state index contributed by atoms with van der Waals surface area (Å²) in [6.07, 6.45) is 5.52. The van der Waals surface area contributed by atoms with E-state index in [2.05, 4.69) is 26.1 Å². The molecule has 0 fully saturated rings. The first-order valence-electron chi connectivity index (χ1n) is 3.06. The minimum Gasteiger partial charge on any atom is -0.176 e. The van der Waals surface area contributed by atoms with Gasteiger partial charge in [-0.1, -0.05) is 13.0 Å². The van der Waals surface area contributed by atoms with Crippen molar-refractivity contribution in [3.63, 3.8) is 0 Å². The van der Waals surface area contributed by atoms with Crippen LogP contribution in [0.4, 0.5) is 0 Å². The Morgan fingerprint density at radius 1 is 1.75 bits per heavy atom. The standard InChI is InChI=1S/C7H14S/c1-3-4-5-6-7(2)8/h3,7-8H,1,4-6H2,2H3. The summed E-state index contributed by atoms with van der Waals surface area (Å²) >= 11 is 4.24. The molecule has 0 bridgehead atoms. The second kappa shape index (κ2) is 5.23. The molecule has 48 valence electrons. The van der Waals surface area contributed by atoms with E-state index >= 15 is 0 Å². The summed E-state index contributed by atoms with van der Waals surface area (Å²) in [5, 5.41) is 0.551. The van der Waals surface area contributed by atoms with Gasteiger partial charge in [-0.2, -0.15) is 12.6 Å². The van der Waals surface area contributed by atoms with Gasteiger partial charge < -0.3 is 0 Å². The molecule has 1 atom stereocenters. The van der Waals surface area contributed by atoms with Crippen LogP contribution in [0.25, 0.3) is 0 Å². The van der Waals surface area contributed by atoms with Crippen LogP contribution in [0.5, 0.6) is 0 Å². The van der Waals surface area contributed by atoms with Gasteiger partial charge in [0, 0.05) is 0 Å². The van der Waals surface area contributed by atoms with Crippen molar-refractivity contribution in [1.29, 1.82) is 0 Å². The van der Waals surface area contributed by atoms with Crippen molar-refractivity contribution < 1.29 is 0 Å². The average Bonchev–Trinajstić information content (AvgIpc) is 1.66. The number of allylic oxidation sites excluding steroid dienone is 1. The molecule has 0 aliphatic carbocycles. The van der Waals surface area contributed by atoms with Gasteiger partial charge in [0.2, 0.25) is 0 Å². The van der Waals surface area contributed by atoms with Gasteiger partial charge in [0.25, 0.3) is 0 Å². The molecule has 1 unspecified atom stereocenters. The maximum Gasteiger partial charge on any atom is -0.00115 e. The highest BCUT2D eigenvalue weighted by molar-refractivity contribution is 7.80. The van der Waals surface area contributed by atoms with Crippen LogP contribution in [-0.4, -0.2) is 5.25 Å². The summed E-state index contributed by atoms with van der Waals surface area (Å²) in [5.41, 5.74) is 0. The fraction of sp³-hybridized carbons (Fsp3) is 0.714. The first kappa shape index (κ1) is 8.09. The molecule has 0 N–H and O–H groups in total. The quantitative estimate of drug-likeness (QED) is 0.337. The van der Waals surface area contributed by atoms with Gasteiger partial charge >= 0.3 is 0 Å². The Morgan fingerprint density at radius 2 is 2.38 bits per heavy atom. The maximum absolute atomic E-state index is 4.24. The summed E-state index contributed by atoms with van der Waals surface area (Å²) < 4.78 is 0. The molecule has 0 aliphatic rings. The van der Waals surface area contributed by atoms with Crippen LogP contribution in [0.3, 0.4) is 0 Å². The first-order chi connectivity index (χ1) is 3.77. The highest BCUT2D eigenvalue weighted by atomic mass is 32.1. The number of rotatable bonds is 4. The van der Waals surface area contributed by atoms with Gasteiger partial charge in [0.15, 0.2) is 0 Å². The van der Waals surface area contributed by atoms with E-state index in [1.165, 1.54) is 12.8 Å². The number of thiol groups is 1. The van der Waals surface area contributed by atoms with Crippen LogP contribution < -0.4 is 0 Å². The molecule has 0 rings (SSSR count). The van der Waals surface area contributed by atoms with Crippen LogP contribution in [0.1, 0.15) is 26.2 Å². The van der Waals surface area contributed by atoms with Crippen LogP contribution >= 0.6 is 12.6 Å². The lowest BCUT2D eigenvalue weighted by Crippen LogP contribution is -1.88. The molecule has 1 heteroatoms. The third-order valence-corrected chi connectivity index (χ3v) is 1.29. The average molecular weight is 130 g/mol. The summed E-state index contributed by atoms with van der Waals surface area (Å²) in [4.78, 5) is 0. The lowest BCUT2D eigenvalue weighted by molar-refractivity contribution is 0.746. The van der Waals surface area contributed by atoms with Gasteiger partial charge in [-0.15, -0.1) is 6.58 Å². The van der Waals surface area contributed by atoms with Crippen molar-refractivity contribution in [3.8, 4) is 0 Å². The van der Waals surface area contributed by atoms with E-state index < -0.39 is 0 Å². The normalized spacial score (nSPS) is 13.2.